The van der Waals surface area contributed by atoms with Gasteiger partial charge in [-0.2, -0.15) is 0 Å². The fourth-order valence-electron chi connectivity index (χ4n) is 5.79. The number of amidine groups is 1. The van der Waals surface area contributed by atoms with Crippen molar-refractivity contribution in [3.63, 3.8) is 0 Å². The van der Waals surface area contributed by atoms with Gasteiger partial charge in [-0.3, -0.25) is 30.3 Å². The molecule has 0 spiro atoms. The summed E-state index contributed by atoms with van der Waals surface area (Å²) in [6.45, 7) is 2.70. The van der Waals surface area contributed by atoms with Crippen LogP contribution in [0.15, 0.2) is 59.5 Å². The van der Waals surface area contributed by atoms with Gasteiger partial charge < -0.3 is 29.2 Å². The lowest BCUT2D eigenvalue weighted by Gasteiger charge is -2.36. The van der Waals surface area contributed by atoms with E-state index in [1.165, 1.54) is 12.0 Å². The van der Waals surface area contributed by atoms with Crippen LogP contribution in [0.25, 0.3) is 11.1 Å². The van der Waals surface area contributed by atoms with Crippen LogP contribution in [0.4, 0.5) is 10.6 Å². The molecule has 14 nitrogen and oxygen atoms in total. The van der Waals surface area contributed by atoms with Crippen LogP contribution in [0.5, 0.6) is 5.75 Å². The molecule has 0 radical (unpaired) electrons. The number of amides is 4. The molecule has 3 N–H and O–H groups in total. The average molecular weight is 582 g/mol. The third kappa shape index (κ3) is 4.47. The molecule has 1 unspecified atom stereocenters. The van der Waals surface area contributed by atoms with E-state index in [9.17, 15) is 14.4 Å². The molecule has 7 rings (SSSR count). The monoisotopic (exact) mass is 581 g/mol. The Bertz CT molecular complexity index is 1780. The summed E-state index contributed by atoms with van der Waals surface area (Å²) >= 11 is 0. The lowest BCUT2D eigenvalue weighted by Crippen LogP contribution is -2.52. The first-order valence-electron chi connectivity index (χ1n) is 13.7. The highest BCUT2D eigenvalue weighted by Gasteiger charge is 2.53. The van der Waals surface area contributed by atoms with Crippen molar-refractivity contribution in [1.82, 2.24) is 35.4 Å². The summed E-state index contributed by atoms with van der Waals surface area (Å²) in [6.07, 6.45) is 6.61. The quantitative estimate of drug-likeness (QED) is 0.172. The number of nitrogens with zero attached hydrogens (tertiary/aromatic N) is 6. The van der Waals surface area contributed by atoms with Crippen molar-refractivity contribution >= 4 is 40.6 Å². The van der Waals surface area contributed by atoms with E-state index in [4.69, 9.17) is 14.6 Å². The fourth-order valence-corrected chi connectivity index (χ4v) is 5.79. The molecule has 1 aromatic carbocycles. The molecule has 2 saturated heterocycles. The van der Waals surface area contributed by atoms with Crippen LogP contribution in [0.2, 0.25) is 0 Å². The van der Waals surface area contributed by atoms with Gasteiger partial charge in [0.2, 0.25) is 0 Å². The van der Waals surface area contributed by atoms with Gasteiger partial charge in [-0.05, 0) is 23.8 Å². The molecular weight excluding hydrogens is 554 g/mol. The van der Waals surface area contributed by atoms with Gasteiger partial charge in [0, 0.05) is 68.5 Å². The van der Waals surface area contributed by atoms with Gasteiger partial charge >= 0.3 is 6.03 Å². The topological polar surface area (TPSA) is 170 Å². The Morgan fingerprint density at radius 2 is 1.91 bits per heavy atom. The van der Waals surface area contributed by atoms with Crippen molar-refractivity contribution in [2.75, 3.05) is 44.7 Å². The van der Waals surface area contributed by atoms with Gasteiger partial charge in [0.15, 0.2) is 11.1 Å². The van der Waals surface area contributed by atoms with E-state index in [0.717, 1.165) is 11.4 Å². The number of piperazine rings is 1. The fraction of sp³-hybridized carbons (Fsp3) is 0.276. The zero-order valence-corrected chi connectivity index (χ0v) is 23.2. The summed E-state index contributed by atoms with van der Waals surface area (Å²) in [5.41, 5.74) is 0.958. The number of hydrogen-bond donors (Lipinski definition) is 3. The van der Waals surface area contributed by atoms with E-state index >= 15 is 0 Å². The lowest BCUT2D eigenvalue weighted by atomic mass is 9.95. The maximum absolute atomic E-state index is 13.3. The maximum atomic E-state index is 13.3. The first-order valence-corrected chi connectivity index (χ1v) is 13.7. The molecule has 4 aromatic rings. The van der Waals surface area contributed by atoms with Crippen LogP contribution < -0.4 is 20.3 Å². The number of carbonyl (C=O) groups is 3. The third-order valence-electron chi connectivity index (χ3n) is 8.10. The van der Waals surface area contributed by atoms with E-state index < -0.39 is 17.5 Å². The molecule has 6 heterocycles. The van der Waals surface area contributed by atoms with Crippen molar-refractivity contribution in [3.8, 4) is 5.75 Å². The number of ether oxygens (including phenoxy) is 1. The van der Waals surface area contributed by atoms with Gasteiger partial charge in [0.1, 0.15) is 28.7 Å². The van der Waals surface area contributed by atoms with Gasteiger partial charge in [0.25, 0.3) is 11.8 Å². The van der Waals surface area contributed by atoms with E-state index in [2.05, 4.69) is 30.5 Å². The standard InChI is InChI=1S/C29H27N9O5/c1-42-19-3-2-17-15-38(26(39)20(17)11-19)16-29(27(40)34-28(41)35-29)23-12-21-22(43-23)10-18(13-33-21)25(30)37-8-6-36(7-9-37)24-14-31-4-5-32-24/h2-5,10-14,30H,6-9,15-16H2,1H3,(H2,34,35,40,41). The molecule has 43 heavy (non-hydrogen) atoms. The highest BCUT2D eigenvalue weighted by atomic mass is 16.5. The van der Waals surface area contributed by atoms with Crippen molar-refractivity contribution in [2.45, 2.75) is 12.1 Å². The van der Waals surface area contributed by atoms with Crippen LogP contribution in [0.3, 0.4) is 0 Å². The van der Waals surface area contributed by atoms with Crippen LogP contribution in [0.1, 0.15) is 27.2 Å². The summed E-state index contributed by atoms with van der Waals surface area (Å²) in [5, 5.41) is 13.8. The summed E-state index contributed by atoms with van der Waals surface area (Å²) in [4.78, 5) is 57.5. The van der Waals surface area contributed by atoms with Crippen LogP contribution >= 0.6 is 0 Å². The van der Waals surface area contributed by atoms with E-state index in [0.29, 0.717) is 60.0 Å². The number of nitrogens with one attached hydrogen (secondary N) is 3. The average Bonchev–Trinajstić information content (AvgIpc) is 3.69. The second-order valence-corrected chi connectivity index (χ2v) is 10.6. The number of urea groups is 1. The molecule has 14 heteroatoms. The van der Waals surface area contributed by atoms with Gasteiger partial charge in [-0.25, -0.2) is 9.78 Å². The first kappa shape index (κ1) is 26.4. The second kappa shape index (κ2) is 10.1. The van der Waals surface area contributed by atoms with E-state index in [-0.39, 0.29) is 24.8 Å². The first-order chi connectivity index (χ1) is 20.8. The van der Waals surface area contributed by atoms with Crippen molar-refractivity contribution in [1.29, 1.82) is 5.41 Å². The summed E-state index contributed by atoms with van der Waals surface area (Å²) < 4.78 is 11.4. The molecule has 3 aliphatic heterocycles. The Morgan fingerprint density at radius 1 is 1.07 bits per heavy atom. The summed E-state index contributed by atoms with van der Waals surface area (Å²) in [5.74, 6) is 0.867. The molecule has 3 aromatic heterocycles. The van der Waals surface area contributed by atoms with Crippen LogP contribution in [-0.4, -0.2) is 88.3 Å². The van der Waals surface area contributed by atoms with Gasteiger partial charge in [0.05, 0.1) is 19.9 Å². The van der Waals surface area contributed by atoms with E-state index in [1.807, 2.05) is 11.0 Å². The molecule has 0 aliphatic carbocycles. The van der Waals surface area contributed by atoms with Crippen LogP contribution in [0, 0.1) is 5.41 Å². The zero-order chi connectivity index (χ0) is 29.7. The second-order valence-electron chi connectivity index (χ2n) is 10.6. The Morgan fingerprint density at radius 3 is 2.63 bits per heavy atom. The molecular formula is C29H27N9O5. The molecule has 218 valence electrons. The predicted molar refractivity (Wildman–Crippen MR) is 153 cm³/mol. The number of anilines is 1. The molecule has 4 amide bonds. The molecule has 1 atom stereocenters. The number of benzene rings is 1. The smallest absolute Gasteiger partial charge is 0.322 e. The number of methoxy groups -OCH3 is 1. The maximum Gasteiger partial charge on any atom is 0.322 e. The molecule has 0 bridgehead atoms. The minimum absolute atomic E-state index is 0.140. The highest BCUT2D eigenvalue weighted by Crippen LogP contribution is 2.35. The zero-order valence-electron chi connectivity index (χ0n) is 23.2. The Hall–Kier alpha value is -5.53. The van der Waals surface area contributed by atoms with Crippen molar-refractivity contribution in [2.24, 2.45) is 0 Å². The van der Waals surface area contributed by atoms with Crippen LogP contribution in [-0.2, 0) is 16.9 Å². The highest BCUT2D eigenvalue weighted by molar-refractivity contribution is 6.08. The van der Waals surface area contributed by atoms with Crippen molar-refractivity contribution < 1.29 is 23.5 Å². The molecule has 3 aliphatic rings. The number of rotatable bonds is 6. The Balaban J connectivity index is 1.13. The predicted octanol–water partition coefficient (Wildman–Crippen LogP) is 1.46. The number of imide groups is 1. The largest absolute Gasteiger partial charge is 0.497 e. The van der Waals surface area contributed by atoms with Crippen molar-refractivity contribution in [3.05, 3.63) is 77.6 Å². The van der Waals surface area contributed by atoms with Gasteiger partial charge in [-0.15, -0.1) is 0 Å². The number of hydrogen-bond acceptors (Lipinski definition) is 10. The Kier molecular flexibility index (Phi) is 6.18. The summed E-state index contributed by atoms with van der Waals surface area (Å²) in [7, 11) is 1.52. The SMILES string of the molecule is COc1ccc2c(c1)C(=O)N(CC1(c3cc4ncc(C(=N)N5CCN(c6cnccn6)CC5)cc4o3)NC(=O)NC1=O)C2. The number of pyridine rings is 1. The minimum atomic E-state index is -1.66. The summed E-state index contributed by atoms with van der Waals surface area (Å²) in [6, 6.07) is 7.84. The number of carbonyl (C=O) groups excluding carboxylic acids is 3. The third-order valence-corrected chi connectivity index (χ3v) is 8.10. The normalized spacial score (nSPS) is 19.9. The number of fused-ring (bicyclic) bond motifs is 2. The molecule has 0 saturated carbocycles. The molecule has 2 fully saturated rings. The Labute approximate surface area is 245 Å². The number of aromatic nitrogens is 3. The van der Waals surface area contributed by atoms with Gasteiger partial charge in [-0.1, -0.05) is 6.07 Å². The number of furan rings is 1. The lowest BCUT2D eigenvalue weighted by molar-refractivity contribution is -0.125. The minimum Gasteiger partial charge on any atom is -0.497 e. The van der Waals surface area contributed by atoms with E-state index in [1.54, 1.807) is 49.1 Å².